The molecule has 0 atom stereocenters. The summed E-state index contributed by atoms with van der Waals surface area (Å²) in [7, 11) is 0. The molecule has 0 rings (SSSR count). The van der Waals surface area contributed by atoms with E-state index in [1.165, 1.54) is 0 Å². The second-order valence-electron chi connectivity index (χ2n) is 0.756. The molecule has 0 saturated carbocycles. The minimum atomic E-state index is -5.62. The summed E-state index contributed by atoms with van der Waals surface area (Å²) in [5.41, 5.74) is 0. The molecular formula is BaMn2O8Sr. The van der Waals surface area contributed by atoms with Gasteiger partial charge in [0.15, 0.2) is 0 Å². The van der Waals surface area contributed by atoms with Crippen molar-refractivity contribution in [1.82, 2.24) is 0 Å². The normalized spacial score (nSPS) is 9.67. The second-order valence-corrected chi connectivity index (χ2v) is 3.12. The van der Waals surface area contributed by atoms with Gasteiger partial charge in [-0.05, 0) is 0 Å². The Morgan fingerprint density at radius 1 is 0.667 bits per heavy atom. The quantitative estimate of drug-likeness (QED) is 0.321. The van der Waals surface area contributed by atoms with Crippen LogP contribution in [0.1, 0.15) is 0 Å². The molecule has 0 bridgehead atoms. The summed E-state index contributed by atoms with van der Waals surface area (Å²) in [4.78, 5) is 0. The molecule has 12 heteroatoms. The van der Waals surface area contributed by atoms with Crippen LogP contribution < -0.4 is 16.8 Å². The fraction of sp³-hybridized carbons (Fsp3) is 0. The summed E-state index contributed by atoms with van der Waals surface area (Å²) in [6, 6.07) is 0. The monoisotopic (exact) mass is 464 g/mol. The maximum absolute atomic E-state index is 8.58. The fourth-order valence-electron chi connectivity index (χ4n) is 0. The van der Waals surface area contributed by atoms with Crippen molar-refractivity contribution >= 4 is 94.4 Å². The molecule has 0 N–H and O–H groups in total. The Morgan fingerprint density at radius 3 is 0.667 bits per heavy atom. The molecule has 0 unspecified atom stereocenters. The van der Waals surface area contributed by atoms with Gasteiger partial charge in [0.25, 0.3) is 0 Å². The van der Waals surface area contributed by atoms with Crippen LogP contribution in [0.2, 0.25) is 0 Å². The third-order valence-corrected chi connectivity index (χ3v) is 0. The zero-order valence-corrected chi connectivity index (χ0v) is 15.7. The van der Waals surface area contributed by atoms with Crippen molar-refractivity contribution in [2.45, 2.75) is 0 Å². The molecule has 0 aliphatic rings. The third-order valence-electron chi connectivity index (χ3n) is 0. The van der Waals surface area contributed by atoms with E-state index in [9.17, 15) is 0 Å². The van der Waals surface area contributed by atoms with Crippen LogP contribution in [0.15, 0.2) is 0 Å². The van der Waals surface area contributed by atoms with Gasteiger partial charge in [0, 0.05) is 0 Å². The van der Waals surface area contributed by atoms with Crippen LogP contribution in [0.5, 0.6) is 0 Å². The largest absolute Gasteiger partial charge is 2.00 e. The van der Waals surface area contributed by atoms with E-state index in [1.807, 2.05) is 0 Å². The molecule has 8 nitrogen and oxygen atoms in total. The molecule has 12 heavy (non-hydrogen) atoms. The van der Waals surface area contributed by atoms with Crippen molar-refractivity contribution in [2.75, 3.05) is 0 Å². The number of hydrogen-bond donors (Lipinski definition) is 0. The topological polar surface area (TPSA) is 161 Å². The van der Waals surface area contributed by atoms with Crippen molar-refractivity contribution in [3.8, 4) is 0 Å². The molecule has 0 aromatic carbocycles. The van der Waals surface area contributed by atoms with Crippen molar-refractivity contribution in [1.29, 1.82) is 0 Å². The van der Waals surface area contributed by atoms with Crippen LogP contribution in [0.25, 0.3) is 0 Å². The van der Waals surface area contributed by atoms with E-state index < -0.39 is 26.7 Å². The standard InChI is InChI=1S/Ba.2Mn.8O.Sr/q+2;;;;;;;4*-1;+2. The molecule has 0 aliphatic carbocycles. The Balaban J connectivity index is -0.0000000457. The number of rotatable bonds is 0. The maximum Gasteiger partial charge on any atom is 2.00 e. The van der Waals surface area contributed by atoms with Crippen molar-refractivity contribution in [3.63, 3.8) is 0 Å². The van der Waals surface area contributed by atoms with Gasteiger partial charge in [-0.3, -0.25) is 0 Å². The zero-order chi connectivity index (χ0) is 9.00. The van der Waals surface area contributed by atoms with Gasteiger partial charge in [-0.1, -0.05) is 0 Å². The van der Waals surface area contributed by atoms with Crippen LogP contribution in [-0.4, -0.2) is 94.4 Å². The number of hydrogen-bond acceptors (Lipinski definition) is 8. The molecule has 0 aromatic heterocycles. The molecule has 66 valence electrons. The van der Waals surface area contributed by atoms with Gasteiger partial charge in [-0.15, -0.1) is 0 Å². The van der Waals surface area contributed by atoms with E-state index in [0.29, 0.717) is 0 Å². The average molecular weight is 463 g/mol. The second kappa shape index (κ2) is 10.6. The molecular weight excluding hydrogens is 463 g/mol. The Bertz CT molecular complexity index is 213. The summed E-state index contributed by atoms with van der Waals surface area (Å²) >= 11 is -11.2. The molecule has 0 radical (unpaired) electrons. The van der Waals surface area contributed by atoms with E-state index in [4.69, 9.17) is 32.1 Å². The SMILES string of the molecule is [Ba+2].[O]=[Mn](=[O])([O-])[O-].[O]=[Mn](=[O])([O-])[O-].[Sr+2]. The van der Waals surface area contributed by atoms with Crippen molar-refractivity contribution < 1.29 is 58.8 Å². The smallest absolute Gasteiger partial charge is 2.00 e. The molecule has 0 aromatic rings. The summed E-state index contributed by atoms with van der Waals surface area (Å²) in [6.07, 6.45) is 0. The molecule has 0 aliphatic heterocycles. The summed E-state index contributed by atoms with van der Waals surface area (Å²) < 4.78 is 68.6. The minimum absolute atomic E-state index is 0. The van der Waals surface area contributed by atoms with Crippen LogP contribution in [0.3, 0.4) is 0 Å². The van der Waals surface area contributed by atoms with Gasteiger partial charge >= 0.3 is 153 Å². The van der Waals surface area contributed by atoms with Crippen LogP contribution in [0, 0.1) is 0 Å². The van der Waals surface area contributed by atoms with E-state index >= 15 is 0 Å². The van der Waals surface area contributed by atoms with Gasteiger partial charge in [0.1, 0.15) is 0 Å². The zero-order valence-electron chi connectivity index (χ0n) is 5.44. The third kappa shape index (κ3) is 197. The van der Waals surface area contributed by atoms with Crippen LogP contribution >= 0.6 is 0 Å². The molecule has 0 saturated heterocycles. The maximum atomic E-state index is 8.58. The van der Waals surface area contributed by atoms with E-state index in [2.05, 4.69) is 0 Å². The van der Waals surface area contributed by atoms with Crippen molar-refractivity contribution in [2.24, 2.45) is 0 Å². The predicted molar refractivity (Wildman–Crippen MR) is 14.3 cm³/mol. The summed E-state index contributed by atoms with van der Waals surface area (Å²) in [5.74, 6) is 0. The van der Waals surface area contributed by atoms with Gasteiger partial charge in [-0.2, -0.15) is 0 Å². The first-order valence-corrected chi connectivity index (χ1v) is 5.09. The first-order valence-electron chi connectivity index (χ1n) is 1.23. The average Bonchev–Trinajstić information content (AvgIpc) is 1.12. The minimum Gasteiger partial charge on any atom is 2.00 e. The molecule has 0 heterocycles. The van der Waals surface area contributed by atoms with E-state index in [-0.39, 0.29) is 94.4 Å². The Morgan fingerprint density at radius 2 is 0.667 bits per heavy atom. The fourth-order valence-corrected chi connectivity index (χ4v) is 0. The van der Waals surface area contributed by atoms with Gasteiger partial charge in [0.05, 0.1) is 0 Å². The first-order chi connectivity index (χ1) is 4.00. The van der Waals surface area contributed by atoms with Crippen LogP contribution in [0.4, 0.5) is 0 Å². The van der Waals surface area contributed by atoms with Gasteiger partial charge < -0.3 is 0 Å². The van der Waals surface area contributed by atoms with Gasteiger partial charge in [0.2, 0.25) is 0 Å². The van der Waals surface area contributed by atoms with Crippen molar-refractivity contribution in [3.05, 3.63) is 0 Å². The summed E-state index contributed by atoms with van der Waals surface area (Å²) in [5, 5.41) is 0. The summed E-state index contributed by atoms with van der Waals surface area (Å²) in [6.45, 7) is 0. The Kier molecular flexibility index (Phi) is 21.6. The Labute approximate surface area is 149 Å². The molecule has 0 spiro atoms. The first kappa shape index (κ1) is 24.4. The van der Waals surface area contributed by atoms with Gasteiger partial charge in [-0.25, -0.2) is 0 Å². The van der Waals surface area contributed by atoms with E-state index in [0.717, 1.165) is 0 Å². The predicted octanol–water partition coefficient (Wildman–Crippen LogP) is -6.00. The Hall–Kier alpha value is 3.13. The molecule has 0 amide bonds. The van der Waals surface area contributed by atoms with E-state index in [1.54, 1.807) is 0 Å². The molecule has 0 fully saturated rings. The van der Waals surface area contributed by atoms with Crippen LogP contribution in [-0.2, 0) is 42.1 Å².